The van der Waals surface area contributed by atoms with Crippen LogP contribution < -0.4 is 0 Å². The van der Waals surface area contributed by atoms with E-state index in [2.05, 4.69) is 17.9 Å². The number of hydrogen-bond donors (Lipinski definition) is 0. The minimum Gasteiger partial charge on any atom is -0.462 e. The van der Waals surface area contributed by atoms with Crippen LogP contribution in [0.4, 0.5) is 0 Å². The van der Waals surface area contributed by atoms with Crippen LogP contribution in [0, 0.1) is 5.41 Å². The average Bonchev–Trinajstić information content (AvgIpc) is 2.79. The molecule has 10 heteroatoms. The summed E-state index contributed by atoms with van der Waals surface area (Å²) >= 11 is 0. The van der Waals surface area contributed by atoms with Gasteiger partial charge in [-0.05, 0) is 13.8 Å². The highest BCUT2D eigenvalue weighted by atomic mass is 31.2. The standard InChI is InChI=1S/C16H23N2O7P/c1-10(2)7-23-26(21,24-8-11(3)4)13(18-17)15(20)25-12-14(19)22-9-16(12,5)6/h12H,1,3,7-9H2,2,4-6H3. The van der Waals surface area contributed by atoms with Crippen LogP contribution in [0.3, 0.4) is 0 Å². The second-order valence-electron chi connectivity index (χ2n) is 6.76. The van der Waals surface area contributed by atoms with E-state index in [1.54, 1.807) is 27.7 Å². The summed E-state index contributed by atoms with van der Waals surface area (Å²) in [7, 11) is -4.36. The molecule has 26 heavy (non-hydrogen) atoms. The van der Waals surface area contributed by atoms with Crippen molar-refractivity contribution in [2.45, 2.75) is 33.8 Å². The fraction of sp³-hybridized carbons (Fsp3) is 0.562. The van der Waals surface area contributed by atoms with Crippen molar-refractivity contribution in [1.82, 2.24) is 0 Å². The molecule has 1 atom stereocenters. The Morgan fingerprint density at radius 1 is 1.31 bits per heavy atom. The molecule has 1 unspecified atom stereocenters. The Hall–Kier alpha value is -2.05. The molecule has 1 heterocycles. The van der Waals surface area contributed by atoms with Crippen LogP contribution in [0.2, 0.25) is 0 Å². The SMILES string of the molecule is C=C(C)COP(=O)(OCC(=C)C)C(=[N+]=[N-])C(=O)OC1C(=O)OCC1(C)C. The van der Waals surface area contributed by atoms with E-state index in [9.17, 15) is 19.7 Å². The fourth-order valence-electron chi connectivity index (χ4n) is 1.85. The predicted molar refractivity (Wildman–Crippen MR) is 92.4 cm³/mol. The summed E-state index contributed by atoms with van der Waals surface area (Å²) in [6.45, 7) is 13.3. The Bertz CT molecular complexity index is 700. The van der Waals surface area contributed by atoms with Crippen molar-refractivity contribution < 1.29 is 37.5 Å². The Balaban J connectivity index is 3.08. The lowest BCUT2D eigenvalue weighted by molar-refractivity contribution is -0.160. The molecule has 9 nitrogen and oxygen atoms in total. The number of ether oxygens (including phenoxy) is 2. The Morgan fingerprint density at radius 3 is 2.15 bits per heavy atom. The second-order valence-corrected chi connectivity index (χ2v) is 8.70. The van der Waals surface area contributed by atoms with E-state index in [1.165, 1.54) is 0 Å². The van der Waals surface area contributed by atoms with E-state index in [-0.39, 0.29) is 19.8 Å². The predicted octanol–water partition coefficient (Wildman–Crippen LogP) is 2.49. The molecule has 0 aromatic rings. The van der Waals surface area contributed by atoms with Gasteiger partial charge in [-0.1, -0.05) is 38.2 Å². The van der Waals surface area contributed by atoms with Crippen molar-refractivity contribution in [3.05, 3.63) is 29.8 Å². The molecule has 0 aliphatic carbocycles. The molecule has 1 fully saturated rings. The van der Waals surface area contributed by atoms with Gasteiger partial charge < -0.3 is 15.0 Å². The first-order valence-electron chi connectivity index (χ1n) is 7.71. The molecule has 1 rings (SSSR count). The topological polar surface area (TPSA) is 125 Å². The first-order valence-corrected chi connectivity index (χ1v) is 9.25. The quantitative estimate of drug-likeness (QED) is 0.149. The number of hydrogen-bond acceptors (Lipinski definition) is 7. The molecule has 0 amide bonds. The van der Waals surface area contributed by atoms with Crippen molar-refractivity contribution >= 4 is 25.0 Å². The van der Waals surface area contributed by atoms with Crippen LogP contribution >= 0.6 is 7.60 Å². The fourth-order valence-corrected chi connectivity index (χ4v) is 3.34. The summed E-state index contributed by atoms with van der Waals surface area (Å²) in [5.41, 5.74) is 8.44. The van der Waals surface area contributed by atoms with Crippen LogP contribution in [-0.4, -0.2) is 48.1 Å². The Kier molecular flexibility index (Phi) is 7.24. The van der Waals surface area contributed by atoms with E-state index in [1.807, 2.05) is 0 Å². The Labute approximate surface area is 152 Å². The third-order valence-electron chi connectivity index (χ3n) is 3.23. The van der Waals surface area contributed by atoms with Gasteiger partial charge in [0.15, 0.2) is 0 Å². The van der Waals surface area contributed by atoms with Crippen molar-refractivity contribution in [2.24, 2.45) is 5.41 Å². The van der Waals surface area contributed by atoms with Crippen LogP contribution in [0.25, 0.3) is 5.53 Å². The highest BCUT2D eigenvalue weighted by molar-refractivity contribution is 7.74. The third-order valence-corrected chi connectivity index (χ3v) is 4.96. The van der Waals surface area contributed by atoms with E-state index < -0.39 is 36.5 Å². The summed E-state index contributed by atoms with van der Waals surface area (Å²) in [4.78, 5) is 26.9. The highest BCUT2D eigenvalue weighted by Crippen LogP contribution is 2.50. The number of cyclic esters (lactones) is 1. The van der Waals surface area contributed by atoms with Crippen molar-refractivity contribution in [3.8, 4) is 0 Å². The third kappa shape index (κ3) is 5.47. The molecule has 1 aliphatic rings. The van der Waals surface area contributed by atoms with E-state index in [0.29, 0.717) is 11.1 Å². The van der Waals surface area contributed by atoms with Crippen LogP contribution in [0.15, 0.2) is 24.3 Å². The first kappa shape index (κ1) is 22.0. The zero-order chi connectivity index (χ0) is 20.1. The molecule has 1 aliphatic heterocycles. The van der Waals surface area contributed by atoms with Gasteiger partial charge in [0, 0.05) is 5.41 Å². The smallest absolute Gasteiger partial charge is 0.462 e. The highest BCUT2D eigenvalue weighted by Gasteiger charge is 2.53. The first-order chi connectivity index (χ1) is 11.9. The molecular weight excluding hydrogens is 363 g/mol. The summed E-state index contributed by atoms with van der Waals surface area (Å²) in [5, 5.41) is 0. The maximum Gasteiger partial charge on any atom is 0.484 e. The van der Waals surface area contributed by atoms with E-state index in [4.69, 9.17) is 18.5 Å². The number of carbonyl (C=O) groups excluding carboxylic acids is 2. The molecule has 0 radical (unpaired) electrons. The zero-order valence-corrected chi connectivity index (χ0v) is 16.2. The summed E-state index contributed by atoms with van der Waals surface area (Å²) in [5.74, 6) is -2.06. The number of esters is 2. The summed E-state index contributed by atoms with van der Waals surface area (Å²) in [6.07, 6.45) is -1.25. The van der Waals surface area contributed by atoms with Crippen LogP contribution in [0.5, 0.6) is 0 Å². The lowest BCUT2D eigenvalue weighted by atomic mass is 9.90. The van der Waals surface area contributed by atoms with Crippen molar-refractivity contribution in [1.29, 1.82) is 0 Å². The van der Waals surface area contributed by atoms with Crippen molar-refractivity contribution in [3.63, 3.8) is 0 Å². The molecule has 0 bridgehead atoms. The van der Waals surface area contributed by atoms with Crippen LogP contribution in [0.1, 0.15) is 27.7 Å². The van der Waals surface area contributed by atoms with E-state index >= 15 is 0 Å². The monoisotopic (exact) mass is 386 g/mol. The van der Waals surface area contributed by atoms with Gasteiger partial charge in [-0.25, -0.2) is 14.2 Å². The minimum atomic E-state index is -4.36. The summed E-state index contributed by atoms with van der Waals surface area (Å²) < 4.78 is 33.2. The van der Waals surface area contributed by atoms with Crippen molar-refractivity contribution in [2.75, 3.05) is 19.8 Å². The van der Waals surface area contributed by atoms with Gasteiger partial charge in [-0.3, -0.25) is 9.05 Å². The van der Waals surface area contributed by atoms with Gasteiger partial charge in [0.05, 0.1) is 13.2 Å². The van der Waals surface area contributed by atoms with E-state index in [0.717, 1.165) is 0 Å². The zero-order valence-electron chi connectivity index (χ0n) is 15.3. The van der Waals surface area contributed by atoms with Gasteiger partial charge in [0.2, 0.25) is 6.10 Å². The lowest BCUT2D eigenvalue weighted by Gasteiger charge is -2.21. The van der Waals surface area contributed by atoms with Gasteiger partial charge in [-0.15, -0.1) is 4.79 Å². The van der Waals surface area contributed by atoms with Gasteiger partial charge in [0.25, 0.3) is 0 Å². The number of carbonyl (C=O) groups is 2. The molecule has 0 N–H and O–H groups in total. The maximum atomic E-state index is 13.0. The number of nitrogens with zero attached hydrogens (tertiary/aromatic N) is 2. The molecule has 0 saturated carbocycles. The van der Waals surface area contributed by atoms with Gasteiger partial charge >= 0.3 is 25.0 Å². The lowest BCUT2D eigenvalue weighted by Crippen LogP contribution is -2.37. The molecule has 1 saturated heterocycles. The molecule has 144 valence electrons. The molecule has 0 spiro atoms. The molecule has 0 aromatic heterocycles. The minimum absolute atomic E-state index is 0.0470. The maximum absolute atomic E-state index is 13.0. The van der Waals surface area contributed by atoms with Gasteiger partial charge in [-0.2, -0.15) is 0 Å². The summed E-state index contributed by atoms with van der Waals surface area (Å²) in [6, 6.07) is 0. The largest absolute Gasteiger partial charge is 0.484 e. The average molecular weight is 386 g/mol. The second kappa shape index (κ2) is 8.56. The molecule has 0 aromatic carbocycles. The van der Waals surface area contributed by atoms with Crippen LogP contribution in [-0.2, 0) is 32.7 Å². The number of rotatable bonds is 9. The molecular formula is C16H23N2O7P. The Morgan fingerprint density at radius 2 is 1.81 bits per heavy atom. The van der Waals surface area contributed by atoms with Gasteiger partial charge in [0.1, 0.15) is 6.61 Å². The normalized spacial score (nSPS) is 18.6.